The van der Waals surface area contributed by atoms with Gasteiger partial charge in [-0.1, -0.05) is 47.6 Å². The number of carbonyl (C=O) groups excluding carboxylic acids is 2. The number of amides is 1. The van der Waals surface area contributed by atoms with Crippen molar-refractivity contribution in [1.29, 1.82) is 0 Å². The van der Waals surface area contributed by atoms with E-state index in [2.05, 4.69) is 10.5 Å². The Morgan fingerprint density at radius 2 is 1.87 bits per heavy atom. The van der Waals surface area contributed by atoms with Gasteiger partial charge in [0.25, 0.3) is 11.5 Å². The third-order valence-electron chi connectivity index (χ3n) is 5.64. The Labute approximate surface area is 177 Å². The van der Waals surface area contributed by atoms with E-state index >= 15 is 0 Å². The second-order valence-corrected chi connectivity index (χ2v) is 7.34. The van der Waals surface area contributed by atoms with E-state index in [4.69, 9.17) is 9.57 Å². The van der Waals surface area contributed by atoms with Crippen molar-refractivity contribution in [1.82, 2.24) is 0 Å². The quantitative estimate of drug-likeness (QED) is 0.654. The maximum atomic E-state index is 13.8. The molecular weight excluding hydrogens is 399 g/mol. The number of benzene rings is 3. The number of para-hydroxylation sites is 1. The first-order valence-corrected chi connectivity index (χ1v) is 9.66. The van der Waals surface area contributed by atoms with Crippen LogP contribution in [0.1, 0.15) is 21.5 Å². The van der Waals surface area contributed by atoms with Gasteiger partial charge in [0.2, 0.25) is 0 Å². The predicted molar refractivity (Wildman–Crippen MR) is 112 cm³/mol. The van der Waals surface area contributed by atoms with Crippen LogP contribution in [0.5, 0.6) is 5.75 Å². The molecule has 5 rings (SSSR count). The largest absolute Gasteiger partial charge is 0.497 e. The van der Waals surface area contributed by atoms with Gasteiger partial charge in [0.15, 0.2) is 5.78 Å². The number of rotatable bonds is 4. The van der Waals surface area contributed by atoms with E-state index in [0.717, 1.165) is 0 Å². The van der Waals surface area contributed by atoms with Crippen molar-refractivity contribution in [3.05, 3.63) is 95.3 Å². The highest BCUT2D eigenvalue weighted by Crippen LogP contribution is 2.49. The van der Waals surface area contributed by atoms with Crippen LogP contribution >= 0.6 is 0 Å². The van der Waals surface area contributed by atoms with E-state index < -0.39 is 23.2 Å². The Bertz CT molecular complexity index is 1240. The lowest BCUT2D eigenvalue weighted by atomic mass is 9.74. The molecule has 0 aromatic heterocycles. The summed E-state index contributed by atoms with van der Waals surface area (Å²) in [6, 6.07) is 19.3. The van der Waals surface area contributed by atoms with Gasteiger partial charge >= 0.3 is 0 Å². The van der Waals surface area contributed by atoms with Crippen LogP contribution in [0, 0.1) is 11.7 Å². The fraction of sp³-hybridized carbons (Fsp3) is 0.125. The Balaban J connectivity index is 1.69. The van der Waals surface area contributed by atoms with Crippen molar-refractivity contribution in [2.45, 2.75) is 5.60 Å². The van der Waals surface area contributed by atoms with Crippen LogP contribution in [0.3, 0.4) is 0 Å². The summed E-state index contributed by atoms with van der Waals surface area (Å²) >= 11 is 0. The predicted octanol–water partition coefficient (Wildman–Crippen LogP) is 3.92. The van der Waals surface area contributed by atoms with Crippen molar-refractivity contribution in [2.24, 2.45) is 11.1 Å². The van der Waals surface area contributed by atoms with Crippen LogP contribution < -0.4 is 10.1 Å². The molecular formula is C24H17FN2O4. The van der Waals surface area contributed by atoms with Gasteiger partial charge in [0.05, 0.1) is 7.11 Å². The Morgan fingerprint density at radius 3 is 2.65 bits per heavy atom. The SMILES string of the molecule is COc1cccc(C(=O)[C@@H]2C(c3ccc(F)cc3)=NO[C@]23C(=O)Nc2ccccc23)c1. The van der Waals surface area contributed by atoms with Crippen molar-refractivity contribution in [3.63, 3.8) is 0 Å². The van der Waals surface area contributed by atoms with Gasteiger partial charge in [-0.3, -0.25) is 9.59 Å². The fourth-order valence-corrected chi connectivity index (χ4v) is 4.14. The molecule has 0 saturated carbocycles. The molecule has 3 aromatic rings. The van der Waals surface area contributed by atoms with Gasteiger partial charge in [0.1, 0.15) is 23.2 Å². The molecule has 1 spiro atoms. The first kappa shape index (κ1) is 19.0. The van der Waals surface area contributed by atoms with E-state index in [0.29, 0.717) is 28.1 Å². The summed E-state index contributed by atoms with van der Waals surface area (Å²) in [6.07, 6.45) is 0. The highest BCUT2D eigenvalue weighted by Gasteiger charge is 2.63. The van der Waals surface area contributed by atoms with Crippen LogP contribution in [0.2, 0.25) is 0 Å². The third-order valence-corrected chi connectivity index (χ3v) is 5.64. The molecule has 6 nitrogen and oxygen atoms in total. The van der Waals surface area contributed by atoms with Gasteiger partial charge in [-0.15, -0.1) is 0 Å². The molecule has 0 aliphatic carbocycles. The molecule has 0 radical (unpaired) electrons. The Kier molecular flexibility index (Phi) is 4.32. The van der Waals surface area contributed by atoms with Gasteiger partial charge < -0.3 is 14.9 Å². The molecule has 2 aliphatic heterocycles. The van der Waals surface area contributed by atoms with Crippen LogP contribution in [0.4, 0.5) is 10.1 Å². The average molecular weight is 416 g/mol. The zero-order valence-corrected chi connectivity index (χ0v) is 16.5. The molecule has 1 amide bonds. The number of fused-ring (bicyclic) bond motifs is 2. The second kappa shape index (κ2) is 7.05. The van der Waals surface area contributed by atoms with E-state index in [-0.39, 0.29) is 11.5 Å². The van der Waals surface area contributed by atoms with Crippen LogP contribution in [-0.2, 0) is 15.2 Å². The van der Waals surface area contributed by atoms with Gasteiger partial charge in [-0.25, -0.2) is 4.39 Å². The highest BCUT2D eigenvalue weighted by atomic mass is 19.1. The fourth-order valence-electron chi connectivity index (χ4n) is 4.14. The number of oxime groups is 1. The van der Waals surface area contributed by atoms with Crippen molar-refractivity contribution in [2.75, 3.05) is 12.4 Å². The molecule has 154 valence electrons. The molecule has 31 heavy (non-hydrogen) atoms. The zero-order valence-electron chi connectivity index (χ0n) is 16.5. The van der Waals surface area contributed by atoms with Gasteiger partial charge in [-0.05, 0) is 30.3 Å². The van der Waals surface area contributed by atoms with Crippen LogP contribution in [-0.4, -0.2) is 24.5 Å². The molecule has 2 heterocycles. The number of carbonyl (C=O) groups is 2. The number of hydrogen-bond donors (Lipinski definition) is 1. The summed E-state index contributed by atoms with van der Waals surface area (Å²) in [5.74, 6) is -1.82. The van der Waals surface area contributed by atoms with E-state index in [9.17, 15) is 14.0 Å². The lowest BCUT2D eigenvalue weighted by Gasteiger charge is -2.26. The maximum absolute atomic E-state index is 13.8. The topological polar surface area (TPSA) is 77.0 Å². The number of Topliss-reactive ketones (excluding diaryl/α,β-unsaturated/α-hetero) is 1. The first-order valence-electron chi connectivity index (χ1n) is 9.66. The smallest absolute Gasteiger partial charge is 0.277 e. The van der Waals surface area contributed by atoms with Gasteiger partial charge in [0, 0.05) is 22.4 Å². The third kappa shape index (κ3) is 2.81. The summed E-state index contributed by atoms with van der Waals surface area (Å²) < 4.78 is 18.8. The summed E-state index contributed by atoms with van der Waals surface area (Å²) in [4.78, 5) is 32.8. The molecule has 0 fully saturated rings. The van der Waals surface area contributed by atoms with Crippen molar-refractivity contribution >= 4 is 23.1 Å². The number of ether oxygens (including phenoxy) is 1. The number of ketones is 1. The molecule has 7 heteroatoms. The lowest BCUT2D eigenvalue weighted by molar-refractivity contribution is -0.140. The maximum Gasteiger partial charge on any atom is 0.277 e. The molecule has 3 aromatic carbocycles. The standard InChI is InChI=1S/C24H17FN2O4/c1-30-17-6-4-5-15(13-17)22(28)20-21(14-9-11-16(25)12-10-14)27-31-24(20)18-7-2-3-8-19(18)26-23(24)29/h2-13,20H,1H3,(H,26,29)/t20-,24-/m0/s1. The summed E-state index contributed by atoms with van der Waals surface area (Å²) in [5, 5.41) is 6.97. The number of anilines is 1. The second-order valence-electron chi connectivity index (χ2n) is 7.34. The minimum atomic E-state index is -1.65. The summed E-state index contributed by atoms with van der Waals surface area (Å²) in [5.41, 5.74) is 0.548. The lowest BCUT2D eigenvalue weighted by Crippen LogP contribution is -2.46. The number of nitrogens with zero attached hydrogens (tertiary/aromatic N) is 1. The average Bonchev–Trinajstić information content (AvgIpc) is 3.33. The highest BCUT2D eigenvalue weighted by molar-refractivity contribution is 6.24. The monoisotopic (exact) mass is 416 g/mol. The minimum Gasteiger partial charge on any atom is -0.497 e. The molecule has 1 N–H and O–H groups in total. The molecule has 0 saturated heterocycles. The summed E-state index contributed by atoms with van der Waals surface area (Å²) in [7, 11) is 1.51. The van der Waals surface area contributed by atoms with Crippen LogP contribution in [0.15, 0.2) is 78.0 Å². The number of halogens is 1. The Hall–Kier alpha value is -4.00. The van der Waals surface area contributed by atoms with E-state index in [1.54, 1.807) is 48.5 Å². The zero-order chi connectivity index (χ0) is 21.6. The van der Waals surface area contributed by atoms with E-state index in [1.807, 2.05) is 0 Å². The molecule has 2 aliphatic rings. The number of nitrogens with one attached hydrogen (secondary N) is 1. The van der Waals surface area contributed by atoms with Crippen molar-refractivity contribution < 1.29 is 23.6 Å². The molecule has 0 unspecified atom stereocenters. The Morgan fingerprint density at radius 1 is 1.10 bits per heavy atom. The number of methoxy groups -OCH3 is 1. The first-order chi connectivity index (χ1) is 15.0. The minimum absolute atomic E-state index is 0.264. The van der Waals surface area contributed by atoms with Crippen molar-refractivity contribution in [3.8, 4) is 5.75 Å². The molecule has 0 bridgehead atoms. The number of hydrogen-bond acceptors (Lipinski definition) is 5. The summed E-state index contributed by atoms with van der Waals surface area (Å²) in [6.45, 7) is 0. The van der Waals surface area contributed by atoms with Gasteiger partial charge in [-0.2, -0.15) is 0 Å². The van der Waals surface area contributed by atoms with E-state index in [1.165, 1.54) is 31.4 Å². The normalized spacial score (nSPS) is 21.3. The van der Waals surface area contributed by atoms with Crippen LogP contribution in [0.25, 0.3) is 0 Å². The molecule has 2 atom stereocenters.